The summed E-state index contributed by atoms with van der Waals surface area (Å²) in [6.45, 7) is 31.1. The van der Waals surface area contributed by atoms with Crippen LogP contribution in [-0.2, 0) is 37.4 Å². The molecule has 6 aliphatic rings. The van der Waals surface area contributed by atoms with E-state index >= 15 is 0 Å². The molecule has 1 spiro atoms. The van der Waals surface area contributed by atoms with Crippen molar-refractivity contribution >= 4 is 28.6 Å². The lowest BCUT2D eigenvalue weighted by atomic mass is 9.44. The zero-order valence-corrected chi connectivity index (χ0v) is 35.7. The van der Waals surface area contributed by atoms with Crippen LogP contribution in [0.2, 0.25) is 37.8 Å². The number of rotatable bonds is 7. The summed E-state index contributed by atoms with van der Waals surface area (Å²) in [4.78, 5) is 24.9. The summed E-state index contributed by atoms with van der Waals surface area (Å²) in [7, 11) is -4.18. The average molecular weight is 733 g/mol. The SMILES string of the molecule is CC(=O)O[C@H]1CC[C@@]2(C)[C@@H](CC[C@H]3C4=C[C@@H]5O[C@]6(CC[C@@](C)(CO[Si](C)(C)C(C)(C)C)O6)[C@@H](C)[C@]5(O[Si](C)(C)C)[C@@]4(C)[C@H](OC(C)=O)C[C@@H]32)C1. The Bertz CT molecular complexity index is 1400. The van der Waals surface area contributed by atoms with Crippen molar-refractivity contribution in [2.75, 3.05) is 6.61 Å². The quantitative estimate of drug-likeness (QED) is 0.146. The highest BCUT2D eigenvalue weighted by molar-refractivity contribution is 6.74. The molecule has 0 amide bonds. The third kappa shape index (κ3) is 5.96. The second-order valence-corrected chi connectivity index (χ2v) is 29.6. The van der Waals surface area contributed by atoms with Crippen LogP contribution in [0, 0.1) is 34.5 Å². The lowest BCUT2D eigenvalue weighted by Crippen LogP contribution is -2.67. The molecule has 2 heterocycles. The first-order valence-corrected chi connectivity index (χ1v) is 25.9. The first kappa shape index (κ1) is 38.7. The highest BCUT2D eigenvalue weighted by Gasteiger charge is 2.79. The standard InChI is InChI=1S/C40H68O8Si2/c1-25-39(20-19-36(7,47-39)24-43-50(13,14)35(4,5)6)46-34-23-32-30-16-15-28-21-29(44-26(2)41)17-18-37(28,8)31(30)22-33(45-27(3)42)38(32,9)40(25,34)48-49(10,11)12/h23,25,28-31,33-34H,15-22,24H2,1-14H3/t25-,28+,29+,30-,31+,33-,34+,36+,37+,38-,39+,40-/m1/s1. The average Bonchev–Trinajstić information content (AvgIpc) is 3.51. The van der Waals surface area contributed by atoms with Crippen LogP contribution < -0.4 is 0 Å². The number of ether oxygens (including phenoxy) is 4. The van der Waals surface area contributed by atoms with E-state index in [-0.39, 0.29) is 46.6 Å². The predicted molar refractivity (Wildman–Crippen MR) is 199 cm³/mol. The van der Waals surface area contributed by atoms with Crippen LogP contribution in [0.4, 0.5) is 0 Å². The molecular formula is C40H68O8Si2. The molecular weight excluding hydrogens is 665 g/mol. The molecule has 0 unspecified atom stereocenters. The van der Waals surface area contributed by atoms with Crippen LogP contribution in [0.15, 0.2) is 11.6 Å². The van der Waals surface area contributed by atoms with Gasteiger partial charge < -0.3 is 27.8 Å². The van der Waals surface area contributed by atoms with Crippen LogP contribution in [0.25, 0.3) is 0 Å². The van der Waals surface area contributed by atoms with Crippen molar-refractivity contribution in [1.82, 2.24) is 0 Å². The minimum atomic E-state index is -2.19. The molecule has 5 fully saturated rings. The molecule has 284 valence electrons. The molecule has 0 N–H and O–H groups in total. The van der Waals surface area contributed by atoms with E-state index in [1.54, 1.807) is 6.92 Å². The molecule has 2 saturated heterocycles. The summed E-state index contributed by atoms with van der Waals surface area (Å²) in [5.74, 6) is -0.190. The van der Waals surface area contributed by atoms with Crippen LogP contribution in [-0.4, -0.2) is 70.5 Å². The van der Waals surface area contributed by atoms with Gasteiger partial charge in [-0.15, -0.1) is 0 Å². The number of hydrogen-bond acceptors (Lipinski definition) is 8. The summed E-state index contributed by atoms with van der Waals surface area (Å²) in [6, 6.07) is 0. The van der Waals surface area contributed by atoms with E-state index in [2.05, 4.69) is 87.3 Å². The molecule has 10 heteroatoms. The number of carbonyl (C=O) groups is 2. The maximum Gasteiger partial charge on any atom is 0.302 e. The normalized spacial score (nSPS) is 45.7. The number of carbonyl (C=O) groups excluding carboxylic acids is 2. The largest absolute Gasteiger partial charge is 0.463 e. The van der Waals surface area contributed by atoms with Gasteiger partial charge in [-0.25, -0.2) is 0 Å². The molecule has 0 aromatic carbocycles. The van der Waals surface area contributed by atoms with E-state index in [1.807, 2.05) is 0 Å². The molecule has 0 aromatic heterocycles. The third-order valence-electron chi connectivity index (χ3n) is 15.0. The Balaban J connectivity index is 1.38. The van der Waals surface area contributed by atoms with Gasteiger partial charge in [-0.2, -0.15) is 0 Å². The van der Waals surface area contributed by atoms with Crippen molar-refractivity contribution in [2.24, 2.45) is 34.5 Å². The van der Waals surface area contributed by atoms with Gasteiger partial charge in [0.25, 0.3) is 0 Å². The topological polar surface area (TPSA) is 89.5 Å². The van der Waals surface area contributed by atoms with Crippen LogP contribution in [0.3, 0.4) is 0 Å². The molecule has 12 atom stereocenters. The summed E-state index contributed by atoms with van der Waals surface area (Å²) < 4.78 is 41.2. The van der Waals surface area contributed by atoms with Gasteiger partial charge in [0.15, 0.2) is 22.4 Å². The lowest BCUT2D eigenvalue weighted by molar-refractivity contribution is -0.255. The van der Waals surface area contributed by atoms with Crippen molar-refractivity contribution in [2.45, 2.75) is 187 Å². The van der Waals surface area contributed by atoms with Gasteiger partial charge in [0.1, 0.15) is 23.9 Å². The number of hydrogen-bond donors (Lipinski definition) is 0. The molecule has 50 heavy (non-hydrogen) atoms. The lowest BCUT2D eigenvalue weighted by Gasteiger charge is -2.63. The fourth-order valence-electron chi connectivity index (χ4n) is 11.5. The predicted octanol–water partition coefficient (Wildman–Crippen LogP) is 8.94. The molecule has 6 rings (SSSR count). The highest BCUT2D eigenvalue weighted by Crippen LogP contribution is 2.73. The molecule has 0 bridgehead atoms. The molecule has 0 aromatic rings. The Morgan fingerprint density at radius 3 is 2.18 bits per heavy atom. The van der Waals surface area contributed by atoms with Gasteiger partial charge in [0.05, 0.1) is 17.6 Å². The smallest absolute Gasteiger partial charge is 0.302 e. The highest BCUT2D eigenvalue weighted by atomic mass is 28.4. The summed E-state index contributed by atoms with van der Waals surface area (Å²) in [6.07, 6.45) is 9.13. The summed E-state index contributed by atoms with van der Waals surface area (Å²) >= 11 is 0. The third-order valence-corrected chi connectivity index (χ3v) is 20.5. The van der Waals surface area contributed by atoms with Crippen molar-refractivity contribution in [3.63, 3.8) is 0 Å². The van der Waals surface area contributed by atoms with E-state index in [9.17, 15) is 9.59 Å². The first-order chi connectivity index (χ1) is 22.8. The van der Waals surface area contributed by atoms with Gasteiger partial charge in [0.2, 0.25) is 0 Å². The molecule has 4 aliphatic carbocycles. The second kappa shape index (κ2) is 12.2. The summed E-state index contributed by atoms with van der Waals surface area (Å²) in [5.41, 5.74) is -0.353. The second-order valence-electron chi connectivity index (χ2n) is 20.3. The van der Waals surface area contributed by atoms with Crippen molar-refractivity contribution in [3.8, 4) is 0 Å². The van der Waals surface area contributed by atoms with Crippen LogP contribution in [0.5, 0.6) is 0 Å². The van der Waals surface area contributed by atoms with Gasteiger partial charge in [-0.1, -0.05) is 46.3 Å². The van der Waals surface area contributed by atoms with E-state index in [0.717, 1.165) is 51.4 Å². The zero-order chi connectivity index (χ0) is 37.1. The van der Waals surface area contributed by atoms with Crippen molar-refractivity contribution in [1.29, 1.82) is 0 Å². The number of esters is 2. The molecule has 2 aliphatic heterocycles. The zero-order valence-electron chi connectivity index (χ0n) is 33.7. The molecule has 0 radical (unpaired) electrons. The van der Waals surface area contributed by atoms with Crippen LogP contribution in [0.1, 0.15) is 114 Å². The molecule has 8 nitrogen and oxygen atoms in total. The fourth-order valence-corrected chi connectivity index (χ4v) is 14.1. The maximum absolute atomic E-state index is 13.0. The Kier molecular flexibility index (Phi) is 9.46. The number of fused-ring (bicyclic) bond motifs is 7. The Morgan fingerprint density at radius 1 is 0.920 bits per heavy atom. The van der Waals surface area contributed by atoms with Crippen molar-refractivity contribution in [3.05, 3.63) is 11.6 Å². The van der Waals surface area contributed by atoms with E-state index in [4.69, 9.17) is 27.8 Å². The minimum absolute atomic E-state index is 0.00599. The Labute approximate surface area is 304 Å². The fraction of sp³-hybridized carbons (Fsp3) is 0.900. The van der Waals surface area contributed by atoms with E-state index in [1.165, 1.54) is 12.5 Å². The monoisotopic (exact) mass is 732 g/mol. The minimum Gasteiger partial charge on any atom is -0.463 e. The Hall–Kier alpha value is -1.05. The van der Waals surface area contributed by atoms with Gasteiger partial charge in [0, 0.05) is 26.2 Å². The van der Waals surface area contributed by atoms with Gasteiger partial charge >= 0.3 is 11.9 Å². The summed E-state index contributed by atoms with van der Waals surface area (Å²) in [5, 5.41) is 0.112. The van der Waals surface area contributed by atoms with Gasteiger partial charge in [-0.05, 0) is 120 Å². The van der Waals surface area contributed by atoms with E-state index < -0.39 is 39.0 Å². The van der Waals surface area contributed by atoms with Crippen molar-refractivity contribution < 1.29 is 37.4 Å². The molecule has 3 saturated carbocycles. The van der Waals surface area contributed by atoms with Gasteiger partial charge in [-0.3, -0.25) is 9.59 Å². The Morgan fingerprint density at radius 2 is 1.58 bits per heavy atom. The van der Waals surface area contributed by atoms with E-state index in [0.29, 0.717) is 24.4 Å². The maximum atomic E-state index is 13.0. The first-order valence-electron chi connectivity index (χ1n) is 19.6. The van der Waals surface area contributed by atoms with Crippen LogP contribution >= 0.6 is 0 Å².